The third-order valence-corrected chi connectivity index (χ3v) is 7.20. The number of nitrogens with two attached hydrogens (primary N) is 1. The summed E-state index contributed by atoms with van der Waals surface area (Å²) in [5.74, 6) is 1.70. The molecule has 2 atom stereocenters. The molecule has 176 valence electrons. The van der Waals surface area contributed by atoms with Crippen LogP contribution in [-0.4, -0.2) is 43.3 Å². The molecule has 0 spiro atoms. The van der Waals surface area contributed by atoms with Gasteiger partial charge in [-0.3, -0.25) is 14.3 Å². The van der Waals surface area contributed by atoms with Gasteiger partial charge in [-0.15, -0.1) is 0 Å². The van der Waals surface area contributed by atoms with Crippen molar-refractivity contribution in [1.29, 1.82) is 0 Å². The van der Waals surface area contributed by atoms with Gasteiger partial charge in [-0.1, -0.05) is 42.5 Å². The third kappa shape index (κ3) is 4.71. The third-order valence-electron chi connectivity index (χ3n) is 7.20. The molecule has 0 radical (unpaired) electrons. The highest BCUT2D eigenvalue weighted by atomic mass is 19.1. The number of methoxy groups -OCH3 is 1. The molecule has 3 aromatic rings. The second kappa shape index (κ2) is 9.98. The van der Waals surface area contributed by atoms with Crippen molar-refractivity contribution in [2.24, 2.45) is 11.7 Å². The molecule has 4 nitrogen and oxygen atoms in total. The zero-order valence-electron chi connectivity index (χ0n) is 19.7. The van der Waals surface area contributed by atoms with Crippen LogP contribution in [0.2, 0.25) is 0 Å². The number of hydrogen-bond donors (Lipinski definition) is 1. The predicted molar refractivity (Wildman–Crippen MR) is 135 cm³/mol. The number of nitrogens with zero attached hydrogens (tertiary/aromatic N) is 2. The summed E-state index contributed by atoms with van der Waals surface area (Å²) in [7, 11) is 1.72. The van der Waals surface area contributed by atoms with Crippen molar-refractivity contribution in [3.63, 3.8) is 0 Å². The Hall–Kier alpha value is -3.18. The number of fused-ring (bicyclic) bond motifs is 1. The maximum atomic E-state index is 12.7. The molecular formula is C29H32FN3O. The van der Waals surface area contributed by atoms with Crippen molar-refractivity contribution in [3.8, 4) is 5.75 Å². The van der Waals surface area contributed by atoms with Crippen LogP contribution in [0.5, 0.6) is 5.75 Å². The van der Waals surface area contributed by atoms with Gasteiger partial charge < -0.3 is 10.5 Å². The van der Waals surface area contributed by atoms with Crippen LogP contribution >= 0.6 is 0 Å². The number of rotatable bonds is 7. The second-order valence-corrected chi connectivity index (χ2v) is 9.55. The molecule has 34 heavy (non-hydrogen) atoms. The van der Waals surface area contributed by atoms with E-state index in [0.717, 1.165) is 43.1 Å². The number of alkyl halides is 1. The van der Waals surface area contributed by atoms with Crippen molar-refractivity contribution in [1.82, 2.24) is 9.88 Å². The highest BCUT2D eigenvalue weighted by Gasteiger charge is 2.32. The van der Waals surface area contributed by atoms with Gasteiger partial charge in [0.2, 0.25) is 0 Å². The lowest BCUT2D eigenvalue weighted by molar-refractivity contribution is 0.0910. The fourth-order valence-electron chi connectivity index (χ4n) is 5.48. The van der Waals surface area contributed by atoms with Crippen molar-refractivity contribution < 1.29 is 9.13 Å². The van der Waals surface area contributed by atoms with Gasteiger partial charge >= 0.3 is 0 Å². The summed E-state index contributed by atoms with van der Waals surface area (Å²) in [5.41, 5.74) is 13.1. The molecule has 0 amide bonds. The lowest BCUT2D eigenvalue weighted by atomic mass is 9.69. The quantitative estimate of drug-likeness (QED) is 0.533. The van der Waals surface area contributed by atoms with Crippen molar-refractivity contribution in [2.75, 3.05) is 33.4 Å². The van der Waals surface area contributed by atoms with E-state index in [0.29, 0.717) is 12.5 Å². The van der Waals surface area contributed by atoms with Gasteiger partial charge in [0.05, 0.1) is 19.5 Å². The summed E-state index contributed by atoms with van der Waals surface area (Å²) in [4.78, 5) is 6.92. The molecule has 1 fully saturated rings. The topological polar surface area (TPSA) is 51.4 Å². The summed E-state index contributed by atoms with van der Waals surface area (Å²) >= 11 is 0. The monoisotopic (exact) mass is 457 g/mol. The van der Waals surface area contributed by atoms with Crippen LogP contribution in [0.1, 0.15) is 46.2 Å². The normalized spacial score (nSPS) is 21.1. The molecule has 1 aromatic heterocycles. The van der Waals surface area contributed by atoms with E-state index in [9.17, 15) is 4.39 Å². The zero-order valence-corrected chi connectivity index (χ0v) is 19.7. The molecule has 2 aliphatic rings. The lowest BCUT2D eigenvalue weighted by Gasteiger charge is -2.37. The molecule has 2 N–H and O–H groups in total. The molecule has 1 aliphatic carbocycles. The Labute approximate surface area is 201 Å². The van der Waals surface area contributed by atoms with Gasteiger partial charge in [0.25, 0.3) is 0 Å². The number of hydrogen-bond acceptors (Lipinski definition) is 4. The minimum atomic E-state index is -0.246. The molecular weight excluding hydrogens is 425 g/mol. The molecule has 5 rings (SSSR count). The number of likely N-dealkylation sites (tertiary alicyclic amines) is 1. The number of aromatic nitrogens is 1. The largest absolute Gasteiger partial charge is 0.497 e. The first-order valence-electron chi connectivity index (χ1n) is 12.1. The number of benzene rings is 2. The summed E-state index contributed by atoms with van der Waals surface area (Å²) in [6.07, 6.45) is 6.05. The highest BCUT2D eigenvalue weighted by molar-refractivity contribution is 5.51. The van der Waals surface area contributed by atoms with E-state index in [-0.39, 0.29) is 18.5 Å². The average Bonchev–Trinajstić information content (AvgIpc) is 2.86. The predicted octanol–water partition coefficient (Wildman–Crippen LogP) is 5.15. The Morgan fingerprint density at radius 2 is 1.94 bits per heavy atom. The Kier molecular flexibility index (Phi) is 6.63. The molecule has 2 heterocycles. The van der Waals surface area contributed by atoms with Crippen molar-refractivity contribution >= 4 is 6.08 Å². The SMILES string of the molecule is COc1ccc2c(c1)CCC(c1ccccc1)C2c1ccc(C=C(N)CN2CC(CF)C2)nc1. The first-order chi connectivity index (χ1) is 16.6. The van der Waals surface area contributed by atoms with Crippen LogP contribution in [-0.2, 0) is 6.42 Å². The maximum Gasteiger partial charge on any atom is 0.119 e. The number of halogens is 1. The maximum absolute atomic E-state index is 12.7. The molecule has 2 aromatic carbocycles. The molecule has 0 saturated carbocycles. The zero-order chi connectivity index (χ0) is 23.5. The number of ether oxygens (including phenoxy) is 1. The molecule has 1 saturated heterocycles. The van der Waals surface area contributed by atoms with Crippen molar-refractivity contribution in [3.05, 3.63) is 101 Å². The fraction of sp³-hybridized carbons (Fsp3) is 0.345. The average molecular weight is 458 g/mol. The van der Waals surface area contributed by atoms with Crippen LogP contribution in [0.3, 0.4) is 0 Å². The van der Waals surface area contributed by atoms with E-state index in [1.165, 1.54) is 22.3 Å². The molecule has 1 aliphatic heterocycles. The minimum absolute atomic E-state index is 0.168. The van der Waals surface area contributed by atoms with Gasteiger partial charge in [-0.25, -0.2) is 0 Å². The Morgan fingerprint density at radius 3 is 2.65 bits per heavy atom. The Balaban J connectivity index is 1.41. The molecule has 2 unspecified atom stereocenters. The number of pyridine rings is 1. The fourth-order valence-corrected chi connectivity index (χ4v) is 5.48. The van der Waals surface area contributed by atoms with Crippen LogP contribution in [0.4, 0.5) is 4.39 Å². The van der Waals surface area contributed by atoms with E-state index in [1.807, 2.05) is 12.3 Å². The van der Waals surface area contributed by atoms with E-state index in [1.54, 1.807) is 7.11 Å². The second-order valence-electron chi connectivity index (χ2n) is 9.55. The first kappa shape index (κ1) is 22.6. The van der Waals surface area contributed by atoms with E-state index < -0.39 is 0 Å². The van der Waals surface area contributed by atoms with E-state index >= 15 is 0 Å². The number of aryl methyl sites for hydroxylation is 1. The van der Waals surface area contributed by atoms with Crippen LogP contribution in [0.25, 0.3) is 6.08 Å². The Morgan fingerprint density at radius 1 is 1.12 bits per heavy atom. The van der Waals surface area contributed by atoms with E-state index in [4.69, 9.17) is 15.5 Å². The van der Waals surface area contributed by atoms with Gasteiger partial charge in [0, 0.05) is 43.4 Å². The van der Waals surface area contributed by atoms with E-state index in [2.05, 4.69) is 65.6 Å². The summed E-state index contributed by atoms with van der Waals surface area (Å²) in [5, 5.41) is 0. The molecule has 0 bridgehead atoms. The van der Waals surface area contributed by atoms with Gasteiger partial charge in [0.1, 0.15) is 5.75 Å². The minimum Gasteiger partial charge on any atom is -0.497 e. The van der Waals surface area contributed by atoms with Gasteiger partial charge in [-0.05, 0) is 65.3 Å². The van der Waals surface area contributed by atoms with Gasteiger partial charge in [0.15, 0.2) is 0 Å². The standard InChI is InChI=1S/C29H32FN3O/c1-34-26-10-12-28-22(13-26)8-11-27(21-5-3-2-4-6-21)29(28)23-7-9-25(32-16-23)14-24(31)19-33-17-20(15-30)18-33/h2-7,9-10,12-14,16,20,27,29H,8,11,15,17-19,31H2,1H3. The summed E-state index contributed by atoms with van der Waals surface area (Å²) < 4.78 is 18.1. The Bertz CT molecular complexity index is 1140. The summed E-state index contributed by atoms with van der Waals surface area (Å²) in [6, 6.07) is 21.5. The smallest absolute Gasteiger partial charge is 0.119 e. The summed E-state index contributed by atoms with van der Waals surface area (Å²) in [6.45, 7) is 1.98. The van der Waals surface area contributed by atoms with Crippen LogP contribution in [0, 0.1) is 5.92 Å². The van der Waals surface area contributed by atoms with Gasteiger partial charge in [-0.2, -0.15) is 0 Å². The van der Waals surface area contributed by atoms with Crippen LogP contribution in [0.15, 0.2) is 72.6 Å². The lowest BCUT2D eigenvalue weighted by Crippen LogP contribution is -2.48. The van der Waals surface area contributed by atoms with Crippen LogP contribution < -0.4 is 10.5 Å². The highest BCUT2D eigenvalue weighted by Crippen LogP contribution is 2.46. The molecule has 5 heteroatoms. The first-order valence-corrected chi connectivity index (χ1v) is 12.1. The van der Waals surface area contributed by atoms with Crippen molar-refractivity contribution in [2.45, 2.75) is 24.7 Å².